The first-order chi connectivity index (χ1) is 13.1. The molecule has 0 fully saturated rings. The molecule has 1 heterocycles. The number of carbonyl (C=O) groups excluding carboxylic acids is 1. The van der Waals surface area contributed by atoms with Gasteiger partial charge in [-0.05, 0) is 36.2 Å². The van der Waals surface area contributed by atoms with E-state index in [0.717, 1.165) is 22.0 Å². The second-order valence-corrected chi connectivity index (χ2v) is 7.16. The largest absolute Gasteiger partial charge is 0.341 e. The molecule has 0 saturated carbocycles. The molecule has 3 aromatic rings. The molecular weight excluding hydrogens is 356 g/mol. The van der Waals surface area contributed by atoms with Crippen LogP contribution in [0.3, 0.4) is 0 Å². The van der Waals surface area contributed by atoms with Crippen molar-refractivity contribution < 1.29 is 4.79 Å². The number of aromatic nitrogens is 2. The number of hydrogen-bond donors (Lipinski definition) is 0. The Hall–Kier alpha value is -3.04. The Morgan fingerprint density at radius 1 is 1.22 bits per heavy atom. The number of nitriles is 1. The number of hydrogen-bond acceptors (Lipinski definition) is 4. The van der Waals surface area contributed by atoms with E-state index >= 15 is 0 Å². The van der Waals surface area contributed by atoms with Gasteiger partial charge >= 0.3 is 0 Å². The summed E-state index contributed by atoms with van der Waals surface area (Å²) in [5.74, 6) is 0.346. The Morgan fingerprint density at radius 2 is 1.96 bits per heavy atom. The number of rotatable bonds is 6. The number of para-hydroxylation sites is 1. The van der Waals surface area contributed by atoms with E-state index in [-0.39, 0.29) is 5.91 Å². The molecule has 27 heavy (non-hydrogen) atoms. The SMILES string of the molecule is Cc1ccccc1-n1ccnc1SCC(=O)N(C)Cc1ccc(C#N)cc1. The van der Waals surface area contributed by atoms with E-state index in [1.54, 1.807) is 30.3 Å². The van der Waals surface area contributed by atoms with Gasteiger partial charge in [0.05, 0.1) is 23.1 Å². The van der Waals surface area contributed by atoms with Crippen LogP contribution in [-0.4, -0.2) is 33.2 Å². The molecule has 3 rings (SSSR count). The molecule has 0 radical (unpaired) electrons. The van der Waals surface area contributed by atoms with E-state index in [4.69, 9.17) is 5.26 Å². The molecule has 2 aromatic carbocycles. The third-order valence-corrected chi connectivity index (χ3v) is 5.19. The van der Waals surface area contributed by atoms with E-state index in [1.807, 2.05) is 41.1 Å². The van der Waals surface area contributed by atoms with Crippen LogP contribution in [0.2, 0.25) is 0 Å². The van der Waals surface area contributed by atoms with Gasteiger partial charge in [0, 0.05) is 26.0 Å². The summed E-state index contributed by atoms with van der Waals surface area (Å²) in [4.78, 5) is 18.6. The second kappa shape index (κ2) is 8.56. The van der Waals surface area contributed by atoms with Crippen LogP contribution in [0.1, 0.15) is 16.7 Å². The van der Waals surface area contributed by atoms with Crippen molar-refractivity contribution in [3.05, 3.63) is 77.6 Å². The van der Waals surface area contributed by atoms with Crippen molar-refractivity contribution >= 4 is 17.7 Å². The fourth-order valence-electron chi connectivity index (χ4n) is 2.70. The molecule has 0 aliphatic carbocycles. The van der Waals surface area contributed by atoms with E-state index in [9.17, 15) is 4.79 Å². The van der Waals surface area contributed by atoms with Crippen LogP contribution in [0, 0.1) is 18.3 Å². The molecule has 0 atom stereocenters. The Kier molecular flexibility index (Phi) is 5.94. The number of nitrogens with zero attached hydrogens (tertiary/aromatic N) is 4. The lowest BCUT2D eigenvalue weighted by Crippen LogP contribution is -2.27. The van der Waals surface area contributed by atoms with Crippen LogP contribution in [0.4, 0.5) is 0 Å². The highest BCUT2D eigenvalue weighted by Crippen LogP contribution is 2.23. The van der Waals surface area contributed by atoms with Crippen molar-refractivity contribution in [3.63, 3.8) is 0 Å². The third kappa shape index (κ3) is 4.57. The fraction of sp³-hybridized carbons (Fsp3) is 0.190. The van der Waals surface area contributed by atoms with Gasteiger partial charge in [-0.15, -0.1) is 0 Å². The second-order valence-electron chi connectivity index (χ2n) is 6.21. The summed E-state index contributed by atoms with van der Waals surface area (Å²) in [7, 11) is 1.79. The average Bonchev–Trinajstić information content (AvgIpc) is 3.15. The first-order valence-corrected chi connectivity index (χ1v) is 9.52. The van der Waals surface area contributed by atoms with Crippen molar-refractivity contribution in [3.8, 4) is 11.8 Å². The van der Waals surface area contributed by atoms with Crippen LogP contribution < -0.4 is 0 Å². The lowest BCUT2D eigenvalue weighted by molar-refractivity contribution is -0.127. The standard InChI is InChI=1S/C21H20N4OS/c1-16-5-3-4-6-19(16)25-12-11-23-21(25)27-15-20(26)24(2)14-18-9-7-17(13-22)8-10-18/h3-12H,14-15H2,1-2H3. The van der Waals surface area contributed by atoms with Crippen LogP contribution in [-0.2, 0) is 11.3 Å². The Morgan fingerprint density at radius 3 is 2.67 bits per heavy atom. The maximum atomic E-state index is 12.5. The lowest BCUT2D eigenvalue weighted by atomic mass is 10.1. The Bertz CT molecular complexity index is 972. The van der Waals surface area contributed by atoms with Crippen molar-refractivity contribution in [1.29, 1.82) is 5.26 Å². The van der Waals surface area contributed by atoms with Gasteiger partial charge < -0.3 is 4.90 Å². The van der Waals surface area contributed by atoms with Gasteiger partial charge in [-0.1, -0.05) is 42.1 Å². The Labute approximate surface area is 163 Å². The predicted molar refractivity (Wildman–Crippen MR) is 107 cm³/mol. The van der Waals surface area contributed by atoms with Crippen molar-refractivity contribution in [2.75, 3.05) is 12.8 Å². The van der Waals surface area contributed by atoms with Crippen LogP contribution in [0.15, 0.2) is 66.1 Å². The minimum atomic E-state index is 0.0312. The van der Waals surface area contributed by atoms with Gasteiger partial charge in [-0.25, -0.2) is 4.98 Å². The number of aryl methyl sites for hydroxylation is 1. The summed E-state index contributed by atoms with van der Waals surface area (Å²) in [6.45, 7) is 2.57. The number of amides is 1. The molecule has 0 unspecified atom stereocenters. The van der Waals surface area contributed by atoms with E-state index in [2.05, 4.69) is 24.0 Å². The quantitative estimate of drug-likeness (QED) is 0.614. The topological polar surface area (TPSA) is 61.9 Å². The monoisotopic (exact) mass is 376 g/mol. The molecule has 0 saturated heterocycles. The van der Waals surface area contributed by atoms with Gasteiger partial charge in [0.25, 0.3) is 0 Å². The summed E-state index contributed by atoms with van der Waals surface area (Å²) < 4.78 is 2.01. The van der Waals surface area contributed by atoms with Crippen molar-refractivity contribution in [1.82, 2.24) is 14.5 Å². The first-order valence-electron chi connectivity index (χ1n) is 8.53. The molecule has 0 spiro atoms. The minimum Gasteiger partial charge on any atom is -0.341 e. The van der Waals surface area contributed by atoms with Gasteiger partial charge in [0.15, 0.2) is 5.16 Å². The molecule has 1 amide bonds. The highest BCUT2D eigenvalue weighted by atomic mass is 32.2. The maximum absolute atomic E-state index is 12.5. The fourth-order valence-corrected chi connectivity index (χ4v) is 3.60. The van der Waals surface area contributed by atoms with Gasteiger partial charge in [-0.3, -0.25) is 9.36 Å². The highest BCUT2D eigenvalue weighted by Gasteiger charge is 2.13. The van der Waals surface area contributed by atoms with E-state index in [0.29, 0.717) is 17.9 Å². The zero-order chi connectivity index (χ0) is 19.2. The van der Waals surface area contributed by atoms with Gasteiger partial charge in [0.2, 0.25) is 5.91 Å². The molecule has 6 heteroatoms. The normalized spacial score (nSPS) is 10.4. The lowest BCUT2D eigenvalue weighted by Gasteiger charge is -2.17. The third-order valence-electron chi connectivity index (χ3n) is 4.24. The molecule has 0 N–H and O–H groups in total. The molecule has 0 aliphatic heterocycles. The minimum absolute atomic E-state index is 0.0312. The number of imidazole rings is 1. The van der Waals surface area contributed by atoms with E-state index in [1.165, 1.54) is 11.8 Å². The van der Waals surface area contributed by atoms with Gasteiger partial charge in [0.1, 0.15) is 0 Å². The molecule has 5 nitrogen and oxygen atoms in total. The zero-order valence-corrected chi connectivity index (χ0v) is 16.1. The molecular formula is C21H20N4OS. The number of benzene rings is 2. The highest BCUT2D eigenvalue weighted by molar-refractivity contribution is 7.99. The maximum Gasteiger partial charge on any atom is 0.233 e. The average molecular weight is 376 g/mol. The van der Waals surface area contributed by atoms with Crippen LogP contribution in [0.25, 0.3) is 5.69 Å². The summed E-state index contributed by atoms with van der Waals surface area (Å²) in [5, 5.41) is 9.65. The first kappa shape index (κ1) is 18.7. The van der Waals surface area contributed by atoms with Crippen molar-refractivity contribution in [2.24, 2.45) is 0 Å². The summed E-state index contributed by atoms with van der Waals surface area (Å²) in [6, 6.07) is 17.5. The Balaban J connectivity index is 1.62. The van der Waals surface area contributed by atoms with Crippen molar-refractivity contribution in [2.45, 2.75) is 18.6 Å². The summed E-state index contributed by atoms with van der Waals surface area (Å²) in [6.07, 6.45) is 3.66. The van der Waals surface area contributed by atoms with E-state index < -0.39 is 0 Å². The molecule has 136 valence electrons. The predicted octanol–water partition coefficient (Wildman–Crippen LogP) is 3.80. The van der Waals surface area contributed by atoms with Crippen LogP contribution in [0.5, 0.6) is 0 Å². The molecule has 0 bridgehead atoms. The number of carbonyl (C=O) groups is 1. The molecule has 1 aromatic heterocycles. The van der Waals surface area contributed by atoms with Gasteiger partial charge in [-0.2, -0.15) is 5.26 Å². The van der Waals surface area contributed by atoms with Crippen LogP contribution >= 0.6 is 11.8 Å². The zero-order valence-electron chi connectivity index (χ0n) is 15.3. The number of thioether (sulfide) groups is 1. The summed E-state index contributed by atoms with van der Waals surface area (Å²) in [5.41, 5.74) is 3.83. The summed E-state index contributed by atoms with van der Waals surface area (Å²) >= 11 is 1.43. The molecule has 0 aliphatic rings. The smallest absolute Gasteiger partial charge is 0.233 e.